The summed E-state index contributed by atoms with van der Waals surface area (Å²) in [6, 6.07) is 16.5. The molecule has 0 unspecified atom stereocenters. The van der Waals surface area contributed by atoms with Gasteiger partial charge in [-0.25, -0.2) is 8.42 Å². The minimum atomic E-state index is -3.62. The number of hydrogen-bond donors (Lipinski definition) is 0. The van der Waals surface area contributed by atoms with Crippen molar-refractivity contribution < 1.29 is 13.2 Å². The van der Waals surface area contributed by atoms with Gasteiger partial charge in [0.15, 0.2) is 0 Å². The molecular weight excluding hydrogens is 434 g/mol. The van der Waals surface area contributed by atoms with Crippen molar-refractivity contribution in [2.75, 3.05) is 39.3 Å². The highest BCUT2D eigenvalue weighted by atomic mass is 35.5. The van der Waals surface area contributed by atoms with Crippen LogP contribution in [0.25, 0.3) is 0 Å². The van der Waals surface area contributed by atoms with Gasteiger partial charge in [-0.3, -0.25) is 9.69 Å². The van der Waals surface area contributed by atoms with E-state index in [1.807, 2.05) is 23.1 Å². The highest BCUT2D eigenvalue weighted by molar-refractivity contribution is 7.89. The average Bonchev–Trinajstić information content (AvgIpc) is 2.80. The first-order valence-electron chi connectivity index (χ1n) is 10.7. The van der Waals surface area contributed by atoms with Gasteiger partial charge in [-0.1, -0.05) is 41.9 Å². The Morgan fingerprint density at radius 2 is 1.61 bits per heavy atom. The molecule has 2 saturated heterocycles. The third-order valence-electron chi connectivity index (χ3n) is 6.12. The normalized spacial score (nSPS) is 21.2. The summed E-state index contributed by atoms with van der Waals surface area (Å²) in [5.74, 6) is -0.202. The maximum absolute atomic E-state index is 13.1. The summed E-state index contributed by atoms with van der Waals surface area (Å²) in [7, 11) is -3.62. The second kappa shape index (κ2) is 9.69. The van der Waals surface area contributed by atoms with Gasteiger partial charge < -0.3 is 4.90 Å². The molecule has 0 radical (unpaired) electrons. The van der Waals surface area contributed by atoms with Gasteiger partial charge in [-0.15, -0.1) is 0 Å². The number of halogens is 1. The van der Waals surface area contributed by atoms with Gasteiger partial charge in [-0.2, -0.15) is 4.31 Å². The van der Waals surface area contributed by atoms with Crippen molar-refractivity contribution in [2.45, 2.75) is 24.3 Å². The first kappa shape index (κ1) is 22.3. The number of carbonyl (C=O) groups excluding carboxylic acids is 1. The molecule has 6 nitrogen and oxygen atoms in total. The standard InChI is InChI=1S/C23H28ClN3O3S/c24-21-8-10-22(11-9-21)31(29,30)27-12-4-7-20(18-27)23(28)26-15-13-25(14-16-26)17-19-5-2-1-3-6-19/h1-3,5-6,8-11,20H,4,7,12-18H2/t20-/m1/s1. The fourth-order valence-electron chi connectivity index (χ4n) is 4.34. The molecule has 2 fully saturated rings. The number of hydrogen-bond acceptors (Lipinski definition) is 4. The number of carbonyl (C=O) groups is 1. The summed E-state index contributed by atoms with van der Waals surface area (Å²) >= 11 is 5.89. The largest absolute Gasteiger partial charge is 0.340 e. The Bertz CT molecular complexity index is 990. The lowest BCUT2D eigenvalue weighted by molar-refractivity contribution is -0.138. The first-order chi connectivity index (χ1) is 14.9. The lowest BCUT2D eigenvalue weighted by Crippen LogP contribution is -2.52. The van der Waals surface area contributed by atoms with Gasteiger partial charge in [-0.05, 0) is 42.7 Å². The number of nitrogens with zero attached hydrogens (tertiary/aromatic N) is 3. The Labute approximate surface area is 189 Å². The molecule has 2 aliphatic rings. The number of amides is 1. The monoisotopic (exact) mass is 461 g/mol. The average molecular weight is 462 g/mol. The van der Waals surface area contributed by atoms with Gasteiger partial charge in [0, 0.05) is 50.8 Å². The molecule has 4 rings (SSSR count). The van der Waals surface area contributed by atoms with Gasteiger partial charge in [0.25, 0.3) is 0 Å². The molecule has 2 aromatic carbocycles. The van der Waals surface area contributed by atoms with Crippen molar-refractivity contribution in [1.29, 1.82) is 0 Å². The van der Waals surface area contributed by atoms with Crippen LogP contribution < -0.4 is 0 Å². The third-order valence-corrected chi connectivity index (χ3v) is 8.25. The van der Waals surface area contributed by atoms with Crippen LogP contribution in [-0.2, 0) is 21.4 Å². The van der Waals surface area contributed by atoms with Crippen LogP contribution in [-0.4, -0.2) is 67.7 Å². The Balaban J connectivity index is 1.34. The quantitative estimate of drug-likeness (QED) is 0.686. The molecule has 2 aliphatic heterocycles. The van der Waals surface area contributed by atoms with Gasteiger partial charge in [0.1, 0.15) is 0 Å². The molecular formula is C23H28ClN3O3S. The predicted molar refractivity (Wildman–Crippen MR) is 121 cm³/mol. The zero-order chi connectivity index (χ0) is 21.8. The highest BCUT2D eigenvalue weighted by Gasteiger charge is 2.35. The maximum atomic E-state index is 13.1. The van der Waals surface area contributed by atoms with Crippen LogP contribution in [0.15, 0.2) is 59.5 Å². The molecule has 1 atom stereocenters. The number of sulfonamides is 1. The number of rotatable bonds is 5. The second-order valence-corrected chi connectivity index (χ2v) is 10.6. The summed E-state index contributed by atoms with van der Waals surface area (Å²) in [5.41, 5.74) is 1.28. The van der Waals surface area contributed by atoms with Gasteiger partial charge >= 0.3 is 0 Å². The lowest BCUT2D eigenvalue weighted by Gasteiger charge is -2.38. The van der Waals surface area contributed by atoms with Crippen molar-refractivity contribution >= 4 is 27.5 Å². The van der Waals surface area contributed by atoms with E-state index in [9.17, 15) is 13.2 Å². The van der Waals surface area contributed by atoms with Gasteiger partial charge in [0.05, 0.1) is 10.8 Å². The van der Waals surface area contributed by atoms with E-state index in [-0.39, 0.29) is 23.3 Å². The molecule has 0 aromatic heterocycles. The fourth-order valence-corrected chi connectivity index (χ4v) is 5.99. The van der Waals surface area contributed by atoms with E-state index in [1.165, 1.54) is 22.0 Å². The maximum Gasteiger partial charge on any atom is 0.243 e. The van der Waals surface area contributed by atoms with Crippen molar-refractivity contribution in [3.63, 3.8) is 0 Å². The van der Waals surface area contributed by atoms with E-state index in [0.29, 0.717) is 31.1 Å². The summed E-state index contributed by atoms with van der Waals surface area (Å²) in [5, 5.41) is 0.497. The van der Waals surface area contributed by atoms with E-state index in [0.717, 1.165) is 26.1 Å². The molecule has 8 heteroatoms. The zero-order valence-corrected chi connectivity index (χ0v) is 19.1. The molecule has 0 aliphatic carbocycles. The number of piperidine rings is 1. The number of benzene rings is 2. The van der Waals surface area contributed by atoms with Crippen molar-refractivity contribution in [1.82, 2.24) is 14.1 Å². The van der Waals surface area contributed by atoms with E-state index in [2.05, 4.69) is 17.0 Å². The van der Waals surface area contributed by atoms with E-state index in [1.54, 1.807) is 12.1 Å². The minimum absolute atomic E-state index is 0.0790. The van der Waals surface area contributed by atoms with E-state index >= 15 is 0 Å². The zero-order valence-electron chi connectivity index (χ0n) is 17.5. The van der Waals surface area contributed by atoms with Crippen molar-refractivity contribution in [2.24, 2.45) is 5.92 Å². The molecule has 2 heterocycles. The van der Waals surface area contributed by atoms with Gasteiger partial charge in [0.2, 0.25) is 15.9 Å². The fraction of sp³-hybridized carbons (Fsp3) is 0.435. The summed E-state index contributed by atoms with van der Waals surface area (Å²) < 4.78 is 27.5. The number of piperazine rings is 1. The Kier molecular flexibility index (Phi) is 6.96. The van der Waals surface area contributed by atoms with Crippen LogP contribution in [0.5, 0.6) is 0 Å². The Morgan fingerprint density at radius 1 is 0.935 bits per heavy atom. The third kappa shape index (κ3) is 5.29. The second-order valence-electron chi connectivity index (χ2n) is 8.24. The van der Waals surface area contributed by atoms with Crippen LogP contribution in [0.1, 0.15) is 18.4 Å². The predicted octanol–water partition coefficient (Wildman–Crippen LogP) is 3.09. The smallest absolute Gasteiger partial charge is 0.243 e. The lowest BCUT2D eigenvalue weighted by atomic mass is 9.97. The molecule has 0 spiro atoms. The highest BCUT2D eigenvalue weighted by Crippen LogP contribution is 2.26. The Morgan fingerprint density at radius 3 is 2.29 bits per heavy atom. The molecule has 31 heavy (non-hydrogen) atoms. The molecule has 166 valence electrons. The molecule has 2 aromatic rings. The summed E-state index contributed by atoms with van der Waals surface area (Å²) in [6.45, 7) is 4.62. The SMILES string of the molecule is O=C([C@@H]1CCCN(S(=O)(=O)c2ccc(Cl)cc2)C1)N1CCN(Cc2ccccc2)CC1. The topological polar surface area (TPSA) is 60.9 Å². The van der Waals surface area contributed by atoms with E-state index < -0.39 is 10.0 Å². The van der Waals surface area contributed by atoms with Crippen LogP contribution in [0.3, 0.4) is 0 Å². The van der Waals surface area contributed by atoms with Crippen LogP contribution in [0, 0.1) is 5.92 Å². The summed E-state index contributed by atoms with van der Waals surface area (Å²) in [4.78, 5) is 17.6. The molecule has 0 bridgehead atoms. The van der Waals surface area contributed by atoms with E-state index in [4.69, 9.17) is 11.6 Å². The van der Waals surface area contributed by atoms with Crippen molar-refractivity contribution in [3.05, 3.63) is 65.2 Å². The summed E-state index contributed by atoms with van der Waals surface area (Å²) in [6.07, 6.45) is 1.42. The van der Waals surface area contributed by atoms with Crippen LogP contribution in [0.4, 0.5) is 0 Å². The minimum Gasteiger partial charge on any atom is -0.340 e. The Hall–Kier alpha value is -1.93. The molecule has 1 amide bonds. The van der Waals surface area contributed by atoms with Crippen LogP contribution in [0.2, 0.25) is 5.02 Å². The molecule has 0 saturated carbocycles. The van der Waals surface area contributed by atoms with Crippen molar-refractivity contribution in [3.8, 4) is 0 Å². The molecule has 0 N–H and O–H groups in total. The van der Waals surface area contributed by atoms with Crippen LogP contribution >= 0.6 is 11.6 Å². The first-order valence-corrected chi connectivity index (χ1v) is 12.6.